The van der Waals surface area contributed by atoms with Gasteiger partial charge in [-0.3, -0.25) is 0 Å². The predicted octanol–water partition coefficient (Wildman–Crippen LogP) is 4.23. The molecule has 1 nitrogen and oxygen atoms in total. The quantitative estimate of drug-likeness (QED) is 0.730. The van der Waals surface area contributed by atoms with E-state index in [-0.39, 0.29) is 0 Å². The topological polar surface area (TPSA) is 9.23 Å². The molecule has 0 N–H and O–H groups in total. The maximum Gasteiger partial charge on any atom is 0.0699 e. The van der Waals surface area contributed by atoms with E-state index < -0.39 is 10.3 Å². The molecule has 0 radical (unpaired) electrons. The fourth-order valence-corrected chi connectivity index (χ4v) is 3.45. The van der Waals surface area contributed by atoms with Crippen LogP contribution in [0.3, 0.4) is 0 Å². The molecule has 15 heavy (non-hydrogen) atoms. The minimum absolute atomic E-state index is 0.398. The van der Waals surface area contributed by atoms with Gasteiger partial charge in [0.15, 0.2) is 0 Å². The summed E-state index contributed by atoms with van der Waals surface area (Å²) in [6.45, 7) is 4.38. The molecule has 1 aromatic carbocycles. The van der Waals surface area contributed by atoms with Gasteiger partial charge < -0.3 is 4.18 Å². The van der Waals surface area contributed by atoms with E-state index in [1.54, 1.807) is 0 Å². The SMILES string of the molecule is CCC(CC)OS(C)(C)c1ccccc1. The van der Waals surface area contributed by atoms with Crippen LogP contribution in [-0.2, 0) is 4.18 Å². The van der Waals surface area contributed by atoms with Crippen molar-refractivity contribution in [2.45, 2.75) is 37.7 Å². The van der Waals surface area contributed by atoms with E-state index in [0.717, 1.165) is 12.8 Å². The Bertz CT molecular complexity index is 278. The van der Waals surface area contributed by atoms with Crippen LogP contribution in [-0.4, -0.2) is 18.6 Å². The lowest BCUT2D eigenvalue weighted by atomic mass is 10.2. The largest absolute Gasteiger partial charge is 0.330 e. The van der Waals surface area contributed by atoms with E-state index in [1.807, 2.05) is 0 Å². The van der Waals surface area contributed by atoms with E-state index >= 15 is 0 Å². The molecule has 0 spiro atoms. The van der Waals surface area contributed by atoms with Crippen LogP contribution < -0.4 is 0 Å². The molecule has 0 heterocycles. The standard InChI is InChI=1S/C13H22OS/c1-5-12(6-2)14-15(3,4)13-10-8-7-9-11-13/h7-12H,5-6H2,1-4H3. The van der Waals surface area contributed by atoms with Crippen molar-refractivity contribution in [2.24, 2.45) is 0 Å². The van der Waals surface area contributed by atoms with Crippen LogP contribution >= 0.6 is 10.3 Å². The van der Waals surface area contributed by atoms with E-state index in [4.69, 9.17) is 4.18 Å². The van der Waals surface area contributed by atoms with Crippen molar-refractivity contribution < 1.29 is 4.18 Å². The maximum atomic E-state index is 6.21. The van der Waals surface area contributed by atoms with Gasteiger partial charge in [0.05, 0.1) is 6.10 Å². The van der Waals surface area contributed by atoms with Crippen LogP contribution in [0.25, 0.3) is 0 Å². The molecule has 1 rings (SSSR count). The molecule has 0 bridgehead atoms. The lowest BCUT2D eigenvalue weighted by Crippen LogP contribution is -2.13. The fraction of sp³-hybridized carbons (Fsp3) is 0.538. The predicted molar refractivity (Wildman–Crippen MR) is 69.6 cm³/mol. The Morgan fingerprint density at radius 3 is 2.07 bits per heavy atom. The van der Waals surface area contributed by atoms with Crippen LogP contribution in [0.15, 0.2) is 35.2 Å². The highest BCUT2D eigenvalue weighted by atomic mass is 32.3. The Balaban J connectivity index is 2.74. The summed E-state index contributed by atoms with van der Waals surface area (Å²) in [7, 11) is -1.08. The highest BCUT2D eigenvalue weighted by Gasteiger charge is 2.18. The van der Waals surface area contributed by atoms with E-state index in [2.05, 4.69) is 56.7 Å². The maximum absolute atomic E-state index is 6.21. The molecule has 0 unspecified atom stereocenters. The molecule has 0 saturated carbocycles. The molecule has 1 aromatic rings. The molecule has 2 heteroatoms. The molecular formula is C13H22OS. The number of hydrogen-bond donors (Lipinski definition) is 0. The summed E-state index contributed by atoms with van der Waals surface area (Å²) < 4.78 is 6.21. The van der Waals surface area contributed by atoms with Crippen LogP contribution in [0.2, 0.25) is 0 Å². The highest BCUT2D eigenvalue weighted by Crippen LogP contribution is 2.51. The molecule has 0 aliphatic heterocycles. The minimum Gasteiger partial charge on any atom is -0.330 e. The zero-order valence-corrected chi connectivity index (χ0v) is 11.0. The van der Waals surface area contributed by atoms with Gasteiger partial charge in [-0.25, -0.2) is 0 Å². The first-order chi connectivity index (χ1) is 7.10. The molecule has 0 saturated heterocycles. The first kappa shape index (κ1) is 12.6. The summed E-state index contributed by atoms with van der Waals surface area (Å²) in [4.78, 5) is 1.33. The lowest BCUT2D eigenvalue weighted by Gasteiger charge is -2.35. The molecular weight excluding hydrogens is 204 g/mol. The average molecular weight is 226 g/mol. The third-order valence-electron chi connectivity index (χ3n) is 2.60. The minimum atomic E-state index is -1.08. The van der Waals surface area contributed by atoms with Gasteiger partial charge in [-0.1, -0.05) is 32.0 Å². The van der Waals surface area contributed by atoms with Gasteiger partial charge in [-0.15, -0.1) is 10.3 Å². The molecule has 0 aliphatic carbocycles. The third kappa shape index (κ3) is 3.54. The van der Waals surface area contributed by atoms with Crippen molar-refractivity contribution in [1.82, 2.24) is 0 Å². The second-order valence-electron chi connectivity index (χ2n) is 4.08. The highest BCUT2D eigenvalue weighted by molar-refractivity contribution is 8.28. The molecule has 0 fully saturated rings. The molecule has 0 aromatic heterocycles. The molecule has 0 atom stereocenters. The number of rotatable bonds is 5. The summed E-state index contributed by atoms with van der Waals surface area (Å²) >= 11 is 0. The second-order valence-corrected chi connectivity index (χ2v) is 7.21. The van der Waals surface area contributed by atoms with Crippen molar-refractivity contribution in [3.8, 4) is 0 Å². The molecule has 0 aliphatic rings. The lowest BCUT2D eigenvalue weighted by molar-refractivity contribution is 0.221. The molecule has 86 valence electrons. The van der Waals surface area contributed by atoms with Crippen LogP contribution in [0, 0.1) is 0 Å². The summed E-state index contributed by atoms with van der Waals surface area (Å²) in [6.07, 6.45) is 7.04. The van der Waals surface area contributed by atoms with Crippen molar-refractivity contribution in [3.63, 3.8) is 0 Å². The summed E-state index contributed by atoms with van der Waals surface area (Å²) in [5.41, 5.74) is 0. The first-order valence-electron chi connectivity index (χ1n) is 5.56. The van der Waals surface area contributed by atoms with Gasteiger partial charge in [-0.05, 0) is 37.5 Å². The molecule has 0 amide bonds. The van der Waals surface area contributed by atoms with E-state index in [0.29, 0.717) is 6.10 Å². The van der Waals surface area contributed by atoms with E-state index in [9.17, 15) is 0 Å². The fourth-order valence-electron chi connectivity index (χ4n) is 1.57. The Morgan fingerprint density at radius 1 is 1.07 bits per heavy atom. The zero-order chi connectivity index (χ0) is 11.3. The number of hydrogen-bond acceptors (Lipinski definition) is 1. The smallest absolute Gasteiger partial charge is 0.0699 e. The van der Waals surface area contributed by atoms with Crippen molar-refractivity contribution in [3.05, 3.63) is 30.3 Å². The second kappa shape index (κ2) is 5.57. The summed E-state index contributed by atoms with van der Waals surface area (Å²) in [6, 6.07) is 10.5. The van der Waals surface area contributed by atoms with Gasteiger partial charge in [0, 0.05) is 4.90 Å². The van der Waals surface area contributed by atoms with Crippen LogP contribution in [0.5, 0.6) is 0 Å². The summed E-state index contributed by atoms with van der Waals surface area (Å²) in [5.74, 6) is 0. The van der Waals surface area contributed by atoms with Gasteiger partial charge in [0.25, 0.3) is 0 Å². The van der Waals surface area contributed by atoms with Crippen molar-refractivity contribution in [1.29, 1.82) is 0 Å². The van der Waals surface area contributed by atoms with E-state index in [1.165, 1.54) is 4.90 Å². The average Bonchev–Trinajstić information content (AvgIpc) is 2.27. The van der Waals surface area contributed by atoms with Crippen LogP contribution in [0.4, 0.5) is 0 Å². The van der Waals surface area contributed by atoms with Gasteiger partial charge >= 0.3 is 0 Å². The van der Waals surface area contributed by atoms with Gasteiger partial charge in [-0.2, -0.15) is 0 Å². The first-order valence-corrected chi connectivity index (χ1v) is 7.94. The third-order valence-corrected chi connectivity index (χ3v) is 4.76. The zero-order valence-electron chi connectivity index (χ0n) is 10.2. The van der Waals surface area contributed by atoms with Gasteiger partial charge in [0.2, 0.25) is 0 Å². The Morgan fingerprint density at radius 2 is 1.60 bits per heavy atom. The monoisotopic (exact) mass is 226 g/mol. The van der Waals surface area contributed by atoms with Gasteiger partial charge in [0.1, 0.15) is 0 Å². The number of benzene rings is 1. The van der Waals surface area contributed by atoms with Crippen molar-refractivity contribution >= 4 is 10.3 Å². The Kier molecular flexibility index (Phi) is 4.68. The Labute approximate surface area is 95.4 Å². The van der Waals surface area contributed by atoms with Crippen LogP contribution in [0.1, 0.15) is 26.7 Å². The summed E-state index contributed by atoms with van der Waals surface area (Å²) in [5, 5.41) is 0. The normalized spacial score (nSPS) is 13.1. The van der Waals surface area contributed by atoms with Crippen molar-refractivity contribution in [2.75, 3.05) is 12.5 Å². The Hall–Kier alpha value is -0.470.